The third kappa shape index (κ3) is 2.40. The minimum Gasteiger partial charge on any atom is -0.296 e. The maximum atomic E-state index is 12.5. The molecule has 0 bridgehead atoms. The summed E-state index contributed by atoms with van der Waals surface area (Å²) in [5.74, 6) is 0. The number of benzene rings is 1. The third-order valence-corrected chi connectivity index (χ3v) is 3.14. The number of para-hydroxylation sites is 1. The Kier molecular flexibility index (Phi) is 3.42. The van der Waals surface area contributed by atoms with Gasteiger partial charge in [-0.05, 0) is 40.8 Å². The van der Waals surface area contributed by atoms with Crippen molar-refractivity contribution in [1.29, 1.82) is 0 Å². The molecule has 3 nitrogen and oxygen atoms in total. The Hall–Kier alpha value is -1.38. The number of hydrogen-bond acceptors (Lipinski definition) is 2. The Morgan fingerprint density at radius 2 is 1.94 bits per heavy atom. The van der Waals surface area contributed by atoms with Crippen LogP contribution in [0.2, 0.25) is 0 Å². The summed E-state index contributed by atoms with van der Waals surface area (Å²) in [6, 6.07) is 7.47. The number of carbonyl (C=O) groups is 1. The maximum absolute atomic E-state index is 12.5. The van der Waals surface area contributed by atoms with Crippen LogP contribution >= 0.6 is 22.6 Å². The quantitative estimate of drug-likeness (QED) is 0.604. The molecule has 0 N–H and O–H groups in total. The smallest absolute Gasteiger partial charge is 0.296 e. The minimum absolute atomic E-state index is 0.133. The molecule has 0 saturated heterocycles. The standard InChI is InChI=1S/C11H6F3IN2O/c12-11(13,14)10-5-7(6-18)17(16-10)9-4-2-1-3-8(9)15/h1-6H. The zero-order chi connectivity index (χ0) is 13.3. The molecule has 0 fully saturated rings. The first-order valence-corrected chi connectivity index (χ1v) is 5.88. The van der Waals surface area contributed by atoms with Gasteiger partial charge in [0, 0.05) is 3.57 Å². The van der Waals surface area contributed by atoms with E-state index in [2.05, 4.69) is 5.10 Å². The molecule has 0 aliphatic carbocycles. The molecule has 0 amide bonds. The summed E-state index contributed by atoms with van der Waals surface area (Å²) in [6.45, 7) is 0. The minimum atomic E-state index is -4.57. The van der Waals surface area contributed by atoms with Gasteiger partial charge in [0.05, 0.1) is 5.69 Å². The van der Waals surface area contributed by atoms with Crippen molar-refractivity contribution in [3.63, 3.8) is 0 Å². The van der Waals surface area contributed by atoms with Crippen LogP contribution in [0.15, 0.2) is 30.3 Å². The third-order valence-electron chi connectivity index (χ3n) is 2.23. The van der Waals surface area contributed by atoms with Crippen LogP contribution in [0, 0.1) is 3.57 Å². The lowest BCUT2D eigenvalue weighted by Gasteiger charge is -2.06. The molecule has 7 heteroatoms. The second-order valence-electron chi connectivity index (χ2n) is 3.43. The molecule has 0 unspecified atom stereocenters. The Labute approximate surface area is 114 Å². The zero-order valence-electron chi connectivity index (χ0n) is 8.78. The number of halogens is 4. The van der Waals surface area contributed by atoms with E-state index in [0.717, 1.165) is 10.7 Å². The Morgan fingerprint density at radius 3 is 2.50 bits per heavy atom. The summed E-state index contributed by atoms with van der Waals surface area (Å²) in [4.78, 5) is 10.8. The van der Waals surface area contributed by atoms with Gasteiger partial charge in [-0.1, -0.05) is 12.1 Å². The maximum Gasteiger partial charge on any atom is 0.435 e. The average Bonchev–Trinajstić information content (AvgIpc) is 2.73. The molecular weight excluding hydrogens is 360 g/mol. The lowest BCUT2D eigenvalue weighted by Crippen LogP contribution is -2.08. The van der Waals surface area contributed by atoms with Crippen molar-refractivity contribution >= 4 is 28.9 Å². The number of rotatable bonds is 2. The van der Waals surface area contributed by atoms with E-state index in [4.69, 9.17) is 0 Å². The van der Waals surface area contributed by atoms with Crippen molar-refractivity contribution in [3.8, 4) is 5.69 Å². The number of alkyl halides is 3. The van der Waals surface area contributed by atoms with Crippen molar-refractivity contribution in [2.24, 2.45) is 0 Å². The molecule has 18 heavy (non-hydrogen) atoms. The number of carbonyl (C=O) groups excluding carboxylic acids is 1. The second kappa shape index (κ2) is 4.71. The van der Waals surface area contributed by atoms with Gasteiger partial charge in [-0.3, -0.25) is 4.79 Å². The number of nitrogens with zero attached hydrogens (tertiary/aromatic N) is 2. The molecule has 0 radical (unpaired) electrons. The predicted molar refractivity (Wildman–Crippen MR) is 66.7 cm³/mol. The highest BCUT2D eigenvalue weighted by Gasteiger charge is 2.35. The summed E-state index contributed by atoms with van der Waals surface area (Å²) in [7, 11) is 0. The topological polar surface area (TPSA) is 34.9 Å². The van der Waals surface area contributed by atoms with E-state index in [1.54, 1.807) is 24.3 Å². The van der Waals surface area contributed by atoms with Crippen LogP contribution in [0.5, 0.6) is 0 Å². The molecule has 1 aromatic heterocycles. The predicted octanol–water partition coefficient (Wildman–Crippen LogP) is 3.31. The van der Waals surface area contributed by atoms with E-state index in [1.165, 1.54) is 0 Å². The molecule has 1 aromatic carbocycles. The largest absolute Gasteiger partial charge is 0.435 e. The van der Waals surface area contributed by atoms with E-state index in [1.807, 2.05) is 22.6 Å². The van der Waals surface area contributed by atoms with Crippen LogP contribution in [0.25, 0.3) is 5.69 Å². The molecule has 2 rings (SSSR count). The van der Waals surface area contributed by atoms with E-state index >= 15 is 0 Å². The summed E-state index contributed by atoms with van der Waals surface area (Å²) < 4.78 is 39.3. The highest BCUT2D eigenvalue weighted by atomic mass is 127. The molecule has 0 atom stereocenters. The zero-order valence-corrected chi connectivity index (χ0v) is 10.9. The highest BCUT2D eigenvalue weighted by molar-refractivity contribution is 14.1. The summed E-state index contributed by atoms with van der Waals surface area (Å²) >= 11 is 1.97. The number of aromatic nitrogens is 2. The van der Waals surface area contributed by atoms with Crippen molar-refractivity contribution in [3.05, 3.63) is 45.3 Å². The van der Waals surface area contributed by atoms with Crippen LogP contribution in [0.1, 0.15) is 16.2 Å². The normalized spacial score (nSPS) is 11.6. The molecule has 94 valence electrons. The van der Waals surface area contributed by atoms with Gasteiger partial charge in [0.15, 0.2) is 12.0 Å². The summed E-state index contributed by atoms with van der Waals surface area (Å²) in [5.41, 5.74) is -0.772. The number of aldehydes is 1. The Morgan fingerprint density at radius 1 is 1.28 bits per heavy atom. The van der Waals surface area contributed by atoms with Crippen molar-refractivity contribution in [2.75, 3.05) is 0 Å². The van der Waals surface area contributed by atoms with E-state index in [9.17, 15) is 18.0 Å². The van der Waals surface area contributed by atoms with Crippen molar-refractivity contribution in [1.82, 2.24) is 9.78 Å². The van der Waals surface area contributed by atoms with E-state index < -0.39 is 11.9 Å². The van der Waals surface area contributed by atoms with Gasteiger partial charge < -0.3 is 0 Å². The molecule has 0 saturated carbocycles. The van der Waals surface area contributed by atoms with Crippen molar-refractivity contribution < 1.29 is 18.0 Å². The second-order valence-corrected chi connectivity index (χ2v) is 4.60. The summed E-state index contributed by atoms with van der Waals surface area (Å²) in [6.07, 6.45) is -4.21. The molecule has 0 aliphatic rings. The van der Waals surface area contributed by atoms with Crippen LogP contribution in [-0.2, 0) is 6.18 Å². The first-order valence-electron chi connectivity index (χ1n) is 4.81. The van der Waals surface area contributed by atoms with Gasteiger partial charge >= 0.3 is 6.18 Å². The van der Waals surface area contributed by atoms with Crippen LogP contribution in [0.4, 0.5) is 13.2 Å². The Bertz CT molecular complexity index is 592. The average molecular weight is 366 g/mol. The van der Waals surface area contributed by atoms with Gasteiger partial charge in [-0.2, -0.15) is 18.3 Å². The van der Waals surface area contributed by atoms with Gasteiger partial charge in [-0.25, -0.2) is 4.68 Å². The lowest BCUT2D eigenvalue weighted by atomic mass is 10.3. The van der Waals surface area contributed by atoms with Gasteiger partial charge in [0.2, 0.25) is 0 Å². The Balaban J connectivity index is 2.61. The van der Waals surface area contributed by atoms with Gasteiger partial charge in [0.25, 0.3) is 0 Å². The molecule has 0 spiro atoms. The van der Waals surface area contributed by atoms with Crippen LogP contribution < -0.4 is 0 Å². The van der Waals surface area contributed by atoms with E-state index in [0.29, 0.717) is 15.5 Å². The van der Waals surface area contributed by atoms with E-state index in [-0.39, 0.29) is 5.69 Å². The molecule has 1 heterocycles. The molecule has 0 aliphatic heterocycles. The SMILES string of the molecule is O=Cc1cc(C(F)(F)F)nn1-c1ccccc1I. The van der Waals surface area contributed by atoms with Gasteiger partial charge in [-0.15, -0.1) is 0 Å². The van der Waals surface area contributed by atoms with Crippen LogP contribution in [0.3, 0.4) is 0 Å². The fraction of sp³-hybridized carbons (Fsp3) is 0.0909. The molecule has 2 aromatic rings. The van der Waals surface area contributed by atoms with Gasteiger partial charge in [0.1, 0.15) is 5.69 Å². The van der Waals surface area contributed by atoms with Crippen LogP contribution in [-0.4, -0.2) is 16.1 Å². The first-order chi connectivity index (χ1) is 8.43. The molecular formula is C11H6F3IN2O. The fourth-order valence-corrected chi connectivity index (χ4v) is 2.05. The first kappa shape index (κ1) is 13.1. The van der Waals surface area contributed by atoms with Crippen molar-refractivity contribution in [2.45, 2.75) is 6.18 Å². The monoisotopic (exact) mass is 366 g/mol. The highest BCUT2D eigenvalue weighted by Crippen LogP contribution is 2.29. The summed E-state index contributed by atoms with van der Waals surface area (Å²) in [5, 5.41) is 3.44. The lowest BCUT2D eigenvalue weighted by molar-refractivity contribution is -0.141. The number of hydrogen-bond donors (Lipinski definition) is 0. The fourth-order valence-electron chi connectivity index (χ4n) is 1.43.